The molecule has 0 unspecified atom stereocenters. The first-order valence-electron chi connectivity index (χ1n) is 14.3. The molecule has 5 nitrogen and oxygen atoms in total. The molecule has 4 aromatic rings. The lowest BCUT2D eigenvalue weighted by Crippen LogP contribution is -2.44. The van der Waals surface area contributed by atoms with Crippen LogP contribution in [0.2, 0.25) is 0 Å². The Morgan fingerprint density at radius 2 is 1.14 bits per heavy atom. The van der Waals surface area contributed by atoms with Gasteiger partial charge in [-0.2, -0.15) is 0 Å². The fraction of sp³-hybridized carbons (Fsp3) is 0.278. The van der Waals surface area contributed by atoms with E-state index < -0.39 is 18.3 Å². The zero-order chi connectivity index (χ0) is 29.0. The third-order valence-corrected chi connectivity index (χ3v) is 7.75. The molecule has 0 bridgehead atoms. The summed E-state index contributed by atoms with van der Waals surface area (Å²) in [5.74, 6) is 0. The minimum atomic E-state index is -0.441. The van der Waals surface area contributed by atoms with E-state index in [0.717, 1.165) is 26.7 Å². The van der Waals surface area contributed by atoms with Crippen LogP contribution in [0, 0.1) is 0 Å². The number of hydrogen-bond donors (Lipinski definition) is 0. The largest absolute Gasteiger partial charge is 0.374 e. The zero-order valence-electron chi connectivity index (χ0n) is 23.6. The Labute approximate surface area is 257 Å². The van der Waals surface area contributed by atoms with Crippen LogP contribution in [0.5, 0.6) is 0 Å². The standard InChI is InChI=1S/C36H37BrO5/c1-2-32-34(40-24-28-14-8-4-9-15-28)36(41-25-29-16-10-5-11-17-29)35(42-32)33(26-38-22-27-12-6-3-7-13-27)39-23-30-18-20-31(37)21-19-30/h2-21,32-36H,1,22-26H2/t32-,33+,34-,35-,36+/m0/s1. The fourth-order valence-electron chi connectivity index (χ4n) is 5.00. The molecule has 1 aliphatic heterocycles. The average molecular weight is 630 g/mol. The van der Waals surface area contributed by atoms with E-state index in [2.05, 4.69) is 58.9 Å². The maximum Gasteiger partial charge on any atom is 0.116 e. The van der Waals surface area contributed by atoms with Crippen molar-refractivity contribution in [2.45, 2.75) is 56.9 Å². The molecule has 1 saturated heterocycles. The Bertz CT molecular complexity index is 1330. The molecule has 0 aliphatic carbocycles. The molecule has 0 N–H and O–H groups in total. The highest BCUT2D eigenvalue weighted by Crippen LogP contribution is 2.32. The van der Waals surface area contributed by atoms with Crippen molar-refractivity contribution in [3.8, 4) is 0 Å². The van der Waals surface area contributed by atoms with Crippen molar-refractivity contribution < 1.29 is 23.7 Å². The molecule has 1 aliphatic rings. The summed E-state index contributed by atoms with van der Waals surface area (Å²) in [7, 11) is 0. The van der Waals surface area contributed by atoms with Gasteiger partial charge >= 0.3 is 0 Å². The van der Waals surface area contributed by atoms with Gasteiger partial charge in [-0.15, -0.1) is 6.58 Å². The van der Waals surface area contributed by atoms with Gasteiger partial charge in [0, 0.05) is 4.47 Å². The van der Waals surface area contributed by atoms with Gasteiger partial charge in [-0.25, -0.2) is 0 Å². The lowest BCUT2D eigenvalue weighted by atomic mass is 10.0. The second kappa shape index (κ2) is 15.9. The highest BCUT2D eigenvalue weighted by Gasteiger charge is 2.49. The molecule has 5 atom stereocenters. The summed E-state index contributed by atoms with van der Waals surface area (Å²) in [5.41, 5.74) is 4.32. The minimum absolute atomic E-state index is 0.330. The van der Waals surface area contributed by atoms with Gasteiger partial charge in [-0.1, -0.05) is 125 Å². The van der Waals surface area contributed by atoms with Crippen LogP contribution >= 0.6 is 15.9 Å². The summed E-state index contributed by atoms with van der Waals surface area (Å²) in [6.45, 7) is 6.13. The van der Waals surface area contributed by atoms with Gasteiger partial charge in [-0.05, 0) is 34.4 Å². The zero-order valence-corrected chi connectivity index (χ0v) is 25.2. The van der Waals surface area contributed by atoms with Gasteiger partial charge in [0.1, 0.15) is 30.5 Å². The Kier molecular flexibility index (Phi) is 11.5. The van der Waals surface area contributed by atoms with Crippen molar-refractivity contribution in [1.29, 1.82) is 0 Å². The van der Waals surface area contributed by atoms with Crippen molar-refractivity contribution >= 4 is 15.9 Å². The predicted octanol–water partition coefficient (Wildman–Crippen LogP) is 7.68. The van der Waals surface area contributed by atoms with E-state index in [9.17, 15) is 0 Å². The monoisotopic (exact) mass is 628 g/mol. The van der Waals surface area contributed by atoms with Crippen LogP contribution < -0.4 is 0 Å². The number of benzene rings is 4. The Morgan fingerprint density at radius 1 is 0.643 bits per heavy atom. The van der Waals surface area contributed by atoms with E-state index in [1.54, 1.807) is 6.08 Å². The highest BCUT2D eigenvalue weighted by atomic mass is 79.9. The van der Waals surface area contributed by atoms with Gasteiger partial charge in [0.2, 0.25) is 0 Å². The van der Waals surface area contributed by atoms with Gasteiger partial charge in [0.25, 0.3) is 0 Å². The summed E-state index contributed by atoms with van der Waals surface area (Å²) in [6.07, 6.45) is -0.205. The van der Waals surface area contributed by atoms with Gasteiger partial charge in [-0.3, -0.25) is 0 Å². The van der Waals surface area contributed by atoms with Crippen LogP contribution in [0.3, 0.4) is 0 Å². The van der Waals surface area contributed by atoms with Crippen LogP contribution in [0.1, 0.15) is 22.3 Å². The lowest BCUT2D eigenvalue weighted by Gasteiger charge is -2.29. The van der Waals surface area contributed by atoms with E-state index in [1.807, 2.05) is 78.9 Å². The first kappa shape index (κ1) is 30.4. The van der Waals surface area contributed by atoms with E-state index >= 15 is 0 Å². The van der Waals surface area contributed by atoms with Crippen LogP contribution in [0.15, 0.2) is 132 Å². The van der Waals surface area contributed by atoms with Crippen molar-refractivity contribution in [1.82, 2.24) is 0 Å². The van der Waals surface area contributed by atoms with Crippen molar-refractivity contribution in [2.24, 2.45) is 0 Å². The lowest BCUT2D eigenvalue weighted by molar-refractivity contribution is -0.139. The van der Waals surface area contributed by atoms with Crippen LogP contribution in [0.25, 0.3) is 0 Å². The van der Waals surface area contributed by atoms with Crippen molar-refractivity contribution in [2.75, 3.05) is 6.61 Å². The Balaban J connectivity index is 1.36. The minimum Gasteiger partial charge on any atom is -0.374 e. The first-order chi connectivity index (χ1) is 20.7. The van der Waals surface area contributed by atoms with Crippen LogP contribution in [0.4, 0.5) is 0 Å². The van der Waals surface area contributed by atoms with Crippen molar-refractivity contribution in [3.63, 3.8) is 0 Å². The normalized spacial score (nSPS) is 20.8. The van der Waals surface area contributed by atoms with Gasteiger partial charge < -0.3 is 23.7 Å². The van der Waals surface area contributed by atoms with E-state index in [1.165, 1.54) is 0 Å². The molecular weight excluding hydrogens is 592 g/mol. The second-order valence-corrected chi connectivity index (χ2v) is 11.2. The molecular formula is C36H37BrO5. The summed E-state index contributed by atoms with van der Waals surface area (Å²) < 4.78 is 33.5. The quantitative estimate of drug-likeness (QED) is 0.126. The molecule has 0 aromatic heterocycles. The van der Waals surface area contributed by atoms with Crippen LogP contribution in [-0.2, 0) is 50.1 Å². The molecule has 5 rings (SSSR count). The average Bonchev–Trinajstić information content (AvgIpc) is 3.40. The van der Waals surface area contributed by atoms with Crippen molar-refractivity contribution in [3.05, 3.63) is 155 Å². The Hall–Kier alpha value is -3.10. The molecule has 42 heavy (non-hydrogen) atoms. The second-order valence-electron chi connectivity index (χ2n) is 10.3. The number of ether oxygens (including phenoxy) is 5. The third-order valence-electron chi connectivity index (χ3n) is 7.23. The maximum absolute atomic E-state index is 6.61. The summed E-state index contributed by atoms with van der Waals surface area (Å²) in [5, 5.41) is 0. The summed E-state index contributed by atoms with van der Waals surface area (Å²) in [4.78, 5) is 0. The SMILES string of the molecule is C=C[C@@H]1O[C@@H]([C@@H](COCc2ccccc2)OCc2ccc(Br)cc2)[C@H](OCc2ccccc2)[C@H]1OCc1ccccc1. The van der Waals surface area contributed by atoms with E-state index in [-0.39, 0.29) is 12.2 Å². The highest BCUT2D eigenvalue weighted by molar-refractivity contribution is 9.10. The third kappa shape index (κ3) is 8.71. The van der Waals surface area contributed by atoms with Crippen LogP contribution in [-0.4, -0.2) is 37.1 Å². The number of hydrogen-bond acceptors (Lipinski definition) is 5. The molecule has 0 amide bonds. The number of halogens is 1. The molecule has 0 spiro atoms. The molecule has 0 saturated carbocycles. The smallest absolute Gasteiger partial charge is 0.116 e. The van der Waals surface area contributed by atoms with E-state index in [4.69, 9.17) is 23.7 Å². The molecule has 4 aromatic carbocycles. The molecule has 218 valence electrons. The molecule has 0 radical (unpaired) electrons. The summed E-state index contributed by atoms with van der Waals surface area (Å²) in [6, 6.07) is 38.5. The number of rotatable bonds is 15. The maximum atomic E-state index is 6.61. The van der Waals surface area contributed by atoms with Gasteiger partial charge in [0.05, 0.1) is 33.0 Å². The van der Waals surface area contributed by atoms with Gasteiger partial charge in [0.15, 0.2) is 0 Å². The van der Waals surface area contributed by atoms with E-state index in [0.29, 0.717) is 33.0 Å². The molecule has 1 heterocycles. The predicted molar refractivity (Wildman–Crippen MR) is 168 cm³/mol. The molecule has 6 heteroatoms. The topological polar surface area (TPSA) is 46.2 Å². The summed E-state index contributed by atoms with van der Waals surface area (Å²) >= 11 is 3.51. The first-order valence-corrected chi connectivity index (χ1v) is 15.1. The fourth-order valence-corrected chi connectivity index (χ4v) is 5.26. The Morgan fingerprint density at radius 3 is 1.69 bits per heavy atom. The molecule has 1 fully saturated rings.